The molecule has 0 unspecified atom stereocenters. The average Bonchev–Trinajstić information content (AvgIpc) is 3.13. The van der Waals surface area contributed by atoms with Crippen LogP contribution in [0, 0.1) is 0 Å². The summed E-state index contributed by atoms with van der Waals surface area (Å²) in [6.45, 7) is -0.0337. The van der Waals surface area contributed by atoms with E-state index in [9.17, 15) is 9.59 Å². The van der Waals surface area contributed by atoms with Gasteiger partial charge in [0.1, 0.15) is 6.54 Å². The number of amides is 1. The molecule has 6 heteroatoms. The van der Waals surface area contributed by atoms with Gasteiger partial charge in [0.2, 0.25) is 12.7 Å². The molecule has 2 aliphatic rings. The number of carbonyl (C=O) groups excluding carboxylic acids is 1. The van der Waals surface area contributed by atoms with Crippen molar-refractivity contribution in [2.45, 2.75) is 25.3 Å². The Balaban J connectivity index is 1.69. The molecule has 1 aromatic carbocycles. The molecule has 0 spiro atoms. The summed E-state index contributed by atoms with van der Waals surface area (Å²) in [7, 11) is 0. The first-order valence-electron chi connectivity index (χ1n) is 6.53. The number of fused-ring (bicyclic) bond motifs is 1. The van der Waals surface area contributed by atoms with Crippen LogP contribution in [-0.4, -0.2) is 41.3 Å². The molecule has 20 heavy (non-hydrogen) atoms. The minimum Gasteiger partial charge on any atom is -0.480 e. The van der Waals surface area contributed by atoms with E-state index in [2.05, 4.69) is 0 Å². The Hall–Kier alpha value is -2.24. The van der Waals surface area contributed by atoms with Crippen molar-refractivity contribution < 1.29 is 24.2 Å². The zero-order valence-electron chi connectivity index (χ0n) is 10.9. The monoisotopic (exact) mass is 277 g/mol. The quantitative estimate of drug-likeness (QED) is 0.870. The molecule has 1 aliphatic carbocycles. The smallest absolute Gasteiger partial charge is 0.323 e. The normalized spacial score (nSPS) is 16.0. The zero-order valence-corrected chi connectivity index (χ0v) is 10.9. The molecule has 1 aromatic rings. The lowest BCUT2D eigenvalue weighted by Crippen LogP contribution is -2.38. The average molecular weight is 277 g/mol. The van der Waals surface area contributed by atoms with Gasteiger partial charge in [0.25, 0.3) is 0 Å². The fourth-order valence-electron chi connectivity index (χ4n) is 2.28. The second-order valence-corrected chi connectivity index (χ2v) is 5.01. The molecule has 106 valence electrons. The van der Waals surface area contributed by atoms with Gasteiger partial charge >= 0.3 is 5.97 Å². The first-order valence-corrected chi connectivity index (χ1v) is 6.53. The van der Waals surface area contributed by atoms with Gasteiger partial charge in [-0.1, -0.05) is 6.07 Å². The Labute approximate surface area is 115 Å². The van der Waals surface area contributed by atoms with E-state index in [4.69, 9.17) is 14.6 Å². The summed E-state index contributed by atoms with van der Waals surface area (Å²) in [6.07, 6.45) is 1.96. The number of carbonyl (C=O) groups is 2. The van der Waals surface area contributed by atoms with E-state index in [-0.39, 0.29) is 31.7 Å². The number of hydrogen-bond donors (Lipinski definition) is 1. The van der Waals surface area contributed by atoms with Gasteiger partial charge in [0.05, 0.1) is 6.42 Å². The number of nitrogens with zero attached hydrogens (tertiary/aromatic N) is 1. The van der Waals surface area contributed by atoms with Crippen molar-refractivity contribution in [2.75, 3.05) is 13.3 Å². The van der Waals surface area contributed by atoms with Crippen molar-refractivity contribution in [2.24, 2.45) is 0 Å². The van der Waals surface area contributed by atoms with Crippen LogP contribution in [0.25, 0.3) is 0 Å². The Kier molecular flexibility index (Phi) is 3.22. The van der Waals surface area contributed by atoms with Gasteiger partial charge in [-0.25, -0.2) is 0 Å². The van der Waals surface area contributed by atoms with Crippen molar-refractivity contribution in [3.63, 3.8) is 0 Å². The number of hydrogen-bond acceptors (Lipinski definition) is 4. The largest absolute Gasteiger partial charge is 0.480 e. The highest BCUT2D eigenvalue weighted by Crippen LogP contribution is 2.33. The number of benzene rings is 1. The van der Waals surface area contributed by atoms with E-state index < -0.39 is 5.97 Å². The van der Waals surface area contributed by atoms with Crippen LogP contribution in [0.1, 0.15) is 18.4 Å². The van der Waals surface area contributed by atoms with Crippen LogP contribution in [0.5, 0.6) is 11.5 Å². The highest BCUT2D eigenvalue weighted by Gasteiger charge is 2.33. The van der Waals surface area contributed by atoms with Crippen LogP contribution in [0.3, 0.4) is 0 Å². The number of ether oxygens (including phenoxy) is 2. The van der Waals surface area contributed by atoms with Crippen LogP contribution in [0.4, 0.5) is 0 Å². The third-order valence-electron chi connectivity index (χ3n) is 3.41. The van der Waals surface area contributed by atoms with Gasteiger partial charge in [-0.05, 0) is 30.5 Å². The predicted octanol–water partition coefficient (Wildman–Crippen LogP) is 1.03. The minimum absolute atomic E-state index is 0.0904. The van der Waals surface area contributed by atoms with Crippen molar-refractivity contribution in [3.8, 4) is 11.5 Å². The second-order valence-electron chi connectivity index (χ2n) is 5.01. The van der Waals surface area contributed by atoms with E-state index in [0.29, 0.717) is 11.5 Å². The maximum Gasteiger partial charge on any atom is 0.323 e. The standard InChI is InChI=1S/C14H15NO5/c16-13(15(7-14(17)18)10-2-3-10)6-9-1-4-11-12(5-9)20-8-19-11/h1,4-5,10H,2-3,6-8H2,(H,17,18). The molecule has 1 amide bonds. The third-order valence-corrected chi connectivity index (χ3v) is 3.41. The number of carboxylic acid groups (broad SMARTS) is 1. The van der Waals surface area contributed by atoms with Gasteiger partial charge in [-0.15, -0.1) is 0 Å². The maximum atomic E-state index is 12.2. The van der Waals surface area contributed by atoms with E-state index in [1.165, 1.54) is 4.90 Å². The Bertz CT molecular complexity index is 552. The molecule has 1 N–H and O–H groups in total. The first kappa shape index (κ1) is 12.8. The Morgan fingerprint density at radius 2 is 2.00 bits per heavy atom. The number of rotatable bonds is 5. The van der Waals surface area contributed by atoms with Gasteiger partial charge in [-0.2, -0.15) is 0 Å². The Morgan fingerprint density at radius 1 is 1.25 bits per heavy atom. The maximum absolute atomic E-state index is 12.2. The van der Waals surface area contributed by atoms with Crippen LogP contribution in [0.15, 0.2) is 18.2 Å². The lowest BCUT2D eigenvalue weighted by atomic mass is 10.1. The summed E-state index contributed by atoms with van der Waals surface area (Å²) in [5.41, 5.74) is 0.801. The van der Waals surface area contributed by atoms with Crippen LogP contribution < -0.4 is 9.47 Å². The number of aliphatic carboxylic acids is 1. The summed E-state index contributed by atoms with van der Waals surface area (Å²) in [5.74, 6) is 0.169. The SMILES string of the molecule is O=C(O)CN(C(=O)Cc1ccc2c(c1)OCO2)C1CC1. The molecule has 0 aromatic heterocycles. The van der Waals surface area contributed by atoms with E-state index in [0.717, 1.165) is 18.4 Å². The lowest BCUT2D eigenvalue weighted by Gasteiger charge is -2.20. The molecule has 1 aliphatic heterocycles. The fourth-order valence-corrected chi connectivity index (χ4v) is 2.28. The van der Waals surface area contributed by atoms with Crippen molar-refractivity contribution in [3.05, 3.63) is 23.8 Å². The van der Waals surface area contributed by atoms with Crippen LogP contribution >= 0.6 is 0 Å². The Morgan fingerprint density at radius 3 is 2.70 bits per heavy atom. The highest BCUT2D eigenvalue weighted by molar-refractivity contribution is 5.83. The first-order chi connectivity index (χ1) is 9.63. The molecule has 3 rings (SSSR count). The van der Waals surface area contributed by atoms with Gasteiger partial charge in [0.15, 0.2) is 11.5 Å². The predicted molar refractivity (Wildman–Crippen MR) is 68.6 cm³/mol. The third kappa shape index (κ3) is 2.68. The van der Waals surface area contributed by atoms with E-state index >= 15 is 0 Å². The van der Waals surface area contributed by atoms with Gasteiger partial charge in [-0.3, -0.25) is 9.59 Å². The van der Waals surface area contributed by atoms with Crippen LogP contribution in [0.2, 0.25) is 0 Å². The van der Waals surface area contributed by atoms with Crippen molar-refractivity contribution in [1.82, 2.24) is 4.90 Å². The van der Waals surface area contributed by atoms with Gasteiger partial charge < -0.3 is 19.5 Å². The van der Waals surface area contributed by atoms with Crippen molar-refractivity contribution >= 4 is 11.9 Å². The molecule has 1 fully saturated rings. The molecular formula is C14H15NO5. The fraction of sp³-hybridized carbons (Fsp3) is 0.429. The molecule has 1 saturated carbocycles. The number of carboxylic acids is 1. The van der Waals surface area contributed by atoms with Crippen LogP contribution in [-0.2, 0) is 16.0 Å². The van der Waals surface area contributed by atoms with E-state index in [1.807, 2.05) is 0 Å². The van der Waals surface area contributed by atoms with E-state index in [1.54, 1.807) is 18.2 Å². The summed E-state index contributed by atoms with van der Waals surface area (Å²) >= 11 is 0. The topological polar surface area (TPSA) is 76.1 Å². The van der Waals surface area contributed by atoms with Crippen molar-refractivity contribution in [1.29, 1.82) is 0 Å². The molecule has 0 radical (unpaired) electrons. The molecule has 0 bridgehead atoms. The summed E-state index contributed by atoms with van der Waals surface area (Å²) < 4.78 is 10.5. The highest BCUT2D eigenvalue weighted by atomic mass is 16.7. The lowest BCUT2D eigenvalue weighted by molar-refractivity contribution is -0.144. The molecule has 0 saturated heterocycles. The summed E-state index contributed by atoms with van der Waals surface area (Å²) in [4.78, 5) is 24.5. The summed E-state index contributed by atoms with van der Waals surface area (Å²) in [5, 5.41) is 8.87. The summed E-state index contributed by atoms with van der Waals surface area (Å²) in [6, 6.07) is 5.43. The molecule has 0 atom stereocenters. The second kappa shape index (κ2) is 5.03. The van der Waals surface area contributed by atoms with Gasteiger partial charge in [0, 0.05) is 6.04 Å². The minimum atomic E-state index is -0.976. The molecular weight excluding hydrogens is 262 g/mol. The zero-order chi connectivity index (χ0) is 14.1. The molecule has 1 heterocycles. The molecule has 6 nitrogen and oxygen atoms in total.